The number of carboxylic acids is 1. The first-order chi connectivity index (χ1) is 8.08. The molecule has 0 spiro atoms. The second-order valence-electron chi connectivity index (χ2n) is 4.29. The zero-order valence-corrected chi connectivity index (χ0v) is 9.77. The second-order valence-corrected chi connectivity index (χ2v) is 4.29. The summed E-state index contributed by atoms with van der Waals surface area (Å²) in [4.78, 5) is 24.0. The maximum absolute atomic E-state index is 11.3. The van der Waals surface area contributed by atoms with E-state index in [1.165, 1.54) is 0 Å². The van der Waals surface area contributed by atoms with Gasteiger partial charge in [-0.3, -0.25) is 4.79 Å². The molecule has 1 aromatic carbocycles. The van der Waals surface area contributed by atoms with Crippen LogP contribution in [-0.4, -0.2) is 35.0 Å². The summed E-state index contributed by atoms with van der Waals surface area (Å²) in [5, 5.41) is 8.93. The zero-order chi connectivity index (χ0) is 12.4. The lowest BCUT2D eigenvalue weighted by atomic mass is 10.0. The summed E-state index contributed by atoms with van der Waals surface area (Å²) in [6, 6.07) is 5.22. The Morgan fingerprint density at radius 1 is 1.18 bits per heavy atom. The fraction of sp³-hybridized carbons (Fsp3) is 0.385. The molecule has 1 amide bonds. The van der Waals surface area contributed by atoms with Gasteiger partial charge in [-0.1, -0.05) is 6.07 Å². The van der Waals surface area contributed by atoms with Crippen LogP contribution in [0.5, 0.6) is 0 Å². The third-order valence-corrected chi connectivity index (χ3v) is 3.20. The maximum atomic E-state index is 11.3. The minimum absolute atomic E-state index is 0.0799. The molecule has 1 heterocycles. The van der Waals surface area contributed by atoms with Crippen molar-refractivity contribution in [2.24, 2.45) is 0 Å². The lowest BCUT2D eigenvalue weighted by molar-refractivity contribution is -0.128. The second kappa shape index (κ2) is 4.57. The summed E-state index contributed by atoms with van der Waals surface area (Å²) in [6.07, 6.45) is 1.53. The molecule has 0 unspecified atom stereocenters. The molecule has 1 N–H and O–H groups in total. The number of rotatable bonds is 1. The number of aromatic carboxylic acids is 1. The van der Waals surface area contributed by atoms with E-state index in [9.17, 15) is 9.59 Å². The van der Waals surface area contributed by atoms with E-state index in [1.54, 1.807) is 24.0 Å². The van der Waals surface area contributed by atoms with E-state index in [-0.39, 0.29) is 5.91 Å². The van der Waals surface area contributed by atoms with Crippen LogP contribution >= 0.6 is 0 Å². The first-order valence-electron chi connectivity index (χ1n) is 5.68. The molecule has 0 aliphatic carbocycles. The van der Waals surface area contributed by atoms with Crippen LogP contribution in [0.1, 0.15) is 28.4 Å². The predicted molar refractivity (Wildman–Crippen MR) is 63.1 cm³/mol. The largest absolute Gasteiger partial charge is 0.478 e. The maximum Gasteiger partial charge on any atom is 0.335 e. The Morgan fingerprint density at radius 2 is 1.82 bits per heavy atom. The Bertz CT molecular complexity index is 468. The van der Waals surface area contributed by atoms with Gasteiger partial charge in [-0.2, -0.15) is 0 Å². The number of hydrogen-bond acceptors (Lipinski definition) is 2. The topological polar surface area (TPSA) is 57.6 Å². The Hall–Kier alpha value is -1.84. The predicted octanol–water partition coefficient (Wildman–Crippen LogP) is 1.33. The van der Waals surface area contributed by atoms with Gasteiger partial charge in [0.05, 0.1) is 5.56 Å². The van der Waals surface area contributed by atoms with Gasteiger partial charge >= 0.3 is 5.97 Å². The van der Waals surface area contributed by atoms with E-state index in [0.717, 1.165) is 30.5 Å². The summed E-state index contributed by atoms with van der Waals surface area (Å²) in [6.45, 7) is 2.96. The summed E-state index contributed by atoms with van der Waals surface area (Å²) in [5.74, 6) is -0.822. The van der Waals surface area contributed by atoms with Gasteiger partial charge in [0, 0.05) is 20.0 Å². The Balaban J connectivity index is 2.25. The van der Waals surface area contributed by atoms with Gasteiger partial charge in [0.1, 0.15) is 0 Å². The summed E-state index contributed by atoms with van der Waals surface area (Å²) < 4.78 is 0. The Kier molecular flexibility index (Phi) is 3.13. The molecule has 0 saturated heterocycles. The van der Waals surface area contributed by atoms with Crippen molar-refractivity contribution < 1.29 is 14.7 Å². The van der Waals surface area contributed by atoms with Gasteiger partial charge < -0.3 is 10.0 Å². The summed E-state index contributed by atoms with van der Waals surface area (Å²) in [5.41, 5.74) is 2.52. The molecule has 0 atom stereocenters. The Morgan fingerprint density at radius 3 is 2.41 bits per heavy atom. The van der Waals surface area contributed by atoms with Crippen molar-refractivity contribution in [3.63, 3.8) is 0 Å². The van der Waals surface area contributed by atoms with E-state index in [0.29, 0.717) is 12.1 Å². The minimum atomic E-state index is -0.902. The van der Waals surface area contributed by atoms with Gasteiger partial charge in [0.2, 0.25) is 5.91 Å². The van der Waals surface area contributed by atoms with Crippen molar-refractivity contribution in [2.45, 2.75) is 19.8 Å². The van der Waals surface area contributed by atoms with Crippen molar-refractivity contribution in [2.75, 3.05) is 13.1 Å². The summed E-state index contributed by atoms with van der Waals surface area (Å²) >= 11 is 0. The van der Waals surface area contributed by atoms with Gasteiger partial charge in [-0.25, -0.2) is 4.79 Å². The number of carbonyl (C=O) groups is 2. The number of hydrogen-bond donors (Lipinski definition) is 1. The van der Waals surface area contributed by atoms with E-state index in [4.69, 9.17) is 5.11 Å². The van der Waals surface area contributed by atoms with E-state index < -0.39 is 5.97 Å². The molecule has 90 valence electrons. The van der Waals surface area contributed by atoms with E-state index >= 15 is 0 Å². The van der Waals surface area contributed by atoms with Gasteiger partial charge in [0.25, 0.3) is 0 Å². The van der Waals surface area contributed by atoms with Crippen molar-refractivity contribution >= 4 is 11.9 Å². The average molecular weight is 233 g/mol. The number of benzene rings is 1. The van der Waals surface area contributed by atoms with Crippen molar-refractivity contribution in [1.29, 1.82) is 0 Å². The molecule has 1 aromatic rings. The quantitative estimate of drug-likeness (QED) is 0.796. The SMILES string of the molecule is CC(=O)N1CCc2ccc(C(=O)O)cc2CC1. The van der Waals surface area contributed by atoms with Crippen LogP contribution in [0.3, 0.4) is 0 Å². The van der Waals surface area contributed by atoms with Crippen LogP contribution in [0.2, 0.25) is 0 Å². The van der Waals surface area contributed by atoms with Crippen LogP contribution in [-0.2, 0) is 17.6 Å². The number of nitrogens with zero attached hydrogens (tertiary/aromatic N) is 1. The highest BCUT2D eigenvalue weighted by Gasteiger charge is 2.16. The highest BCUT2D eigenvalue weighted by atomic mass is 16.4. The van der Waals surface area contributed by atoms with Crippen molar-refractivity contribution in [3.05, 3.63) is 34.9 Å². The smallest absolute Gasteiger partial charge is 0.335 e. The lowest BCUT2D eigenvalue weighted by Gasteiger charge is -2.17. The van der Waals surface area contributed by atoms with Crippen LogP contribution in [0, 0.1) is 0 Å². The molecule has 1 aliphatic rings. The lowest BCUT2D eigenvalue weighted by Crippen LogP contribution is -2.30. The van der Waals surface area contributed by atoms with Crippen molar-refractivity contribution in [1.82, 2.24) is 4.90 Å². The van der Waals surface area contributed by atoms with Gasteiger partial charge in [-0.15, -0.1) is 0 Å². The standard InChI is InChI=1S/C13H15NO3/c1-9(15)14-6-4-10-2-3-12(13(16)17)8-11(10)5-7-14/h2-3,8H,4-7H2,1H3,(H,16,17). The average Bonchev–Trinajstić information content (AvgIpc) is 2.50. The number of carbonyl (C=O) groups excluding carboxylic acids is 1. The highest BCUT2D eigenvalue weighted by molar-refractivity contribution is 5.88. The molecule has 2 rings (SSSR count). The molecular formula is C13H15NO3. The molecular weight excluding hydrogens is 218 g/mol. The van der Waals surface area contributed by atoms with Crippen LogP contribution < -0.4 is 0 Å². The number of fused-ring (bicyclic) bond motifs is 1. The number of carboxylic acid groups (broad SMARTS) is 1. The first-order valence-corrected chi connectivity index (χ1v) is 5.68. The zero-order valence-electron chi connectivity index (χ0n) is 9.77. The molecule has 0 saturated carbocycles. The first kappa shape index (κ1) is 11.6. The van der Waals surface area contributed by atoms with Crippen molar-refractivity contribution in [3.8, 4) is 0 Å². The van der Waals surface area contributed by atoms with Gasteiger partial charge in [-0.05, 0) is 36.1 Å². The molecule has 1 aliphatic heterocycles. The Labute approximate surface area is 99.9 Å². The number of amides is 1. The minimum Gasteiger partial charge on any atom is -0.478 e. The van der Waals surface area contributed by atoms with Crippen LogP contribution in [0.15, 0.2) is 18.2 Å². The van der Waals surface area contributed by atoms with Crippen LogP contribution in [0.4, 0.5) is 0 Å². The normalized spacial score (nSPS) is 15.0. The molecule has 17 heavy (non-hydrogen) atoms. The fourth-order valence-electron chi connectivity index (χ4n) is 2.17. The highest BCUT2D eigenvalue weighted by Crippen LogP contribution is 2.18. The van der Waals surface area contributed by atoms with Gasteiger partial charge in [0.15, 0.2) is 0 Å². The molecule has 4 heteroatoms. The monoisotopic (exact) mass is 233 g/mol. The van der Waals surface area contributed by atoms with E-state index in [2.05, 4.69) is 0 Å². The van der Waals surface area contributed by atoms with Crippen LogP contribution in [0.25, 0.3) is 0 Å². The molecule has 0 aromatic heterocycles. The molecule has 0 bridgehead atoms. The summed E-state index contributed by atoms with van der Waals surface area (Å²) in [7, 11) is 0. The molecule has 0 fully saturated rings. The molecule has 0 radical (unpaired) electrons. The molecule has 4 nitrogen and oxygen atoms in total. The van der Waals surface area contributed by atoms with E-state index in [1.807, 2.05) is 6.07 Å². The third-order valence-electron chi connectivity index (χ3n) is 3.20. The third kappa shape index (κ3) is 2.46. The fourth-order valence-corrected chi connectivity index (χ4v) is 2.17.